The Morgan fingerprint density at radius 3 is 1.56 bits per heavy atom. The summed E-state index contributed by atoms with van der Waals surface area (Å²) in [5.41, 5.74) is 9.77. The Morgan fingerprint density at radius 1 is 0.544 bits per heavy atom. The molecule has 2 unspecified atom stereocenters. The summed E-state index contributed by atoms with van der Waals surface area (Å²) in [7, 11) is 0. The summed E-state index contributed by atoms with van der Waals surface area (Å²) in [6.07, 6.45) is -2.15. The lowest BCUT2D eigenvalue weighted by molar-refractivity contribution is -0.138. The van der Waals surface area contributed by atoms with Crippen molar-refractivity contribution in [2.24, 2.45) is 17.6 Å². The van der Waals surface area contributed by atoms with Crippen LogP contribution < -0.4 is 31.1 Å². The minimum Gasteiger partial charge on any atom is -0.356 e. The van der Waals surface area contributed by atoms with Gasteiger partial charge in [-0.3, -0.25) is 15.3 Å². The summed E-state index contributed by atoms with van der Waals surface area (Å²) < 4.78 is 96.1. The minimum atomic E-state index is -4.58. The standard InChI is InChI=1S/C22H18ClF3N6.C22H18F4N6.C20H26N6/c23-14-4-1-3-13(11-14)17-12-32(10-9-27-17)18-7-6-16(22(24,25)26)20(29-18)19-15-5-2-8-28-21(15)31-30-19;23-14-5-3-13(4-6-14)17-12-32(11-10-27-17)18-8-7-16(22(24,25)26)20(29-18)19-15-2-1-9-28-21(15)31-30-19;1-13(2)11-14-12-26(10-8-16(14)21)18-7-3-6-17(23-18)19-15-5-4-9-22-20(15)25-24-19/h1-8,11,17,27H,9-10,12H2,(H,28,30,31);1-9,17,27H,10-12H2,(H,28,30,31);3-7,9,13-14,16H,8,10-12,21H2,1-2H3,(H,22,24,25)/t;;14-,16+/m..1/s1. The summed E-state index contributed by atoms with van der Waals surface area (Å²) in [6, 6.07) is 35.6. The highest BCUT2D eigenvalue weighted by molar-refractivity contribution is 6.30. The van der Waals surface area contributed by atoms with Crippen LogP contribution in [-0.2, 0) is 12.4 Å². The largest absolute Gasteiger partial charge is 0.418 e. The van der Waals surface area contributed by atoms with Crippen LogP contribution in [0.2, 0.25) is 5.02 Å². The fourth-order valence-corrected chi connectivity index (χ4v) is 12.0. The number of benzene rings is 2. The van der Waals surface area contributed by atoms with E-state index in [0.29, 0.717) is 95.9 Å². The van der Waals surface area contributed by atoms with Crippen LogP contribution in [0.5, 0.6) is 0 Å². The monoisotopic (exact) mass is 1250 g/mol. The molecule has 26 heteroatoms. The third-order valence-electron chi connectivity index (χ3n) is 16.2. The molecule has 4 atom stereocenters. The summed E-state index contributed by atoms with van der Waals surface area (Å²) in [5.74, 6) is 2.76. The van der Waals surface area contributed by atoms with E-state index in [9.17, 15) is 30.7 Å². The quantitative estimate of drug-likeness (QED) is 0.0701. The van der Waals surface area contributed by atoms with E-state index in [1.165, 1.54) is 36.7 Å². The Hall–Kier alpha value is -9.17. The number of H-pyrrole nitrogens is 3. The van der Waals surface area contributed by atoms with E-state index in [1.54, 1.807) is 48.7 Å². The Morgan fingerprint density at radius 2 is 1.03 bits per heavy atom. The Balaban J connectivity index is 0.000000132. The fraction of sp³-hybridized carbons (Fsp3) is 0.297. The molecule has 3 aliphatic heterocycles. The zero-order chi connectivity index (χ0) is 62.7. The van der Waals surface area contributed by atoms with Crippen molar-refractivity contribution in [1.29, 1.82) is 0 Å². The molecule has 90 heavy (non-hydrogen) atoms. The molecule has 11 aromatic rings. The number of aromatic nitrogens is 12. The maximum absolute atomic E-state index is 13.8. The van der Waals surface area contributed by atoms with Crippen molar-refractivity contribution in [3.8, 4) is 34.2 Å². The van der Waals surface area contributed by atoms with Gasteiger partial charge in [0.2, 0.25) is 0 Å². The number of anilines is 3. The predicted molar refractivity (Wildman–Crippen MR) is 333 cm³/mol. The molecule has 0 saturated carbocycles. The number of pyridine rings is 6. The number of piperazine rings is 2. The van der Waals surface area contributed by atoms with Gasteiger partial charge in [0.15, 0.2) is 16.9 Å². The molecule has 464 valence electrons. The second-order valence-corrected chi connectivity index (χ2v) is 23.2. The van der Waals surface area contributed by atoms with E-state index in [0.717, 1.165) is 77.4 Å². The van der Waals surface area contributed by atoms with Gasteiger partial charge in [0, 0.05) is 110 Å². The molecule has 3 fully saturated rings. The number of fused-ring (bicyclic) bond motifs is 3. The molecule has 0 amide bonds. The van der Waals surface area contributed by atoms with Crippen LogP contribution in [0.15, 0.2) is 146 Å². The van der Waals surface area contributed by atoms with Gasteiger partial charge >= 0.3 is 12.4 Å². The van der Waals surface area contributed by atoms with Crippen molar-refractivity contribution in [3.63, 3.8) is 0 Å². The number of halogens is 8. The molecule has 0 aliphatic carbocycles. The molecule has 18 nitrogen and oxygen atoms in total. The van der Waals surface area contributed by atoms with Crippen molar-refractivity contribution in [3.05, 3.63) is 179 Å². The van der Waals surface area contributed by atoms with E-state index in [2.05, 4.69) is 97.0 Å². The summed E-state index contributed by atoms with van der Waals surface area (Å²) in [4.78, 5) is 32.5. The normalized spacial score (nSPS) is 18.2. The molecule has 0 bridgehead atoms. The molecule has 3 saturated heterocycles. The molecule has 0 radical (unpaired) electrons. The van der Waals surface area contributed by atoms with E-state index in [4.69, 9.17) is 22.3 Å². The lowest BCUT2D eigenvalue weighted by atomic mass is 9.86. The fourth-order valence-electron chi connectivity index (χ4n) is 11.8. The van der Waals surface area contributed by atoms with Crippen LogP contribution in [0.3, 0.4) is 0 Å². The third-order valence-corrected chi connectivity index (χ3v) is 16.5. The first-order valence-electron chi connectivity index (χ1n) is 29.4. The van der Waals surface area contributed by atoms with Gasteiger partial charge in [-0.1, -0.05) is 55.8 Å². The van der Waals surface area contributed by atoms with Gasteiger partial charge < -0.3 is 31.1 Å². The molecule has 3 aliphatic rings. The van der Waals surface area contributed by atoms with Crippen molar-refractivity contribution in [2.75, 3.05) is 67.1 Å². The Kier molecular flexibility index (Phi) is 17.7. The molecule has 2 aromatic carbocycles. The maximum atomic E-state index is 13.8. The average Bonchev–Trinajstić information content (AvgIpc) is 1.61. The van der Waals surface area contributed by atoms with Gasteiger partial charge in [-0.2, -0.15) is 41.6 Å². The first-order valence-corrected chi connectivity index (χ1v) is 29.8. The maximum Gasteiger partial charge on any atom is 0.418 e. The SMILES string of the molecule is CC(C)C[C@@H]1CN(c2cccc(-c3[nH]nc4ncccc34)n2)CC[C@@H]1N.FC(F)(F)c1ccc(N2CCNC(c3cccc(Cl)c3)C2)nc1-c1[nH]nc2ncccc12.Fc1ccc(C2CN(c3ccc(C(F)(F)F)c(-c4[nH]nc5ncccc45)n3)CCN2)cc1. The molecule has 9 aromatic heterocycles. The first kappa shape index (κ1) is 61.1. The number of hydrogen-bond acceptors (Lipinski definition) is 15. The topological polar surface area (TPSA) is 223 Å². The van der Waals surface area contributed by atoms with Crippen molar-refractivity contribution in [1.82, 2.24) is 71.1 Å². The molecular weight excluding hydrogens is 1190 g/mol. The Labute approximate surface area is 516 Å². The number of aromatic amines is 3. The number of nitrogens with two attached hydrogens (primary N) is 1. The zero-order valence-electron chi connectivity index (χ0n) is 48.8. The summed E-state index contributed by atoms with van der Waals surface area (Å²) in [6.45, 7) is 9.94. The van der Waals surface area contributed by atoms with Gasteiger partial charge in [-0.05, 0) is 133 Å². The van der Waals surface area contributed by atoms with Crippen LogP contribution in [0.4, 0.5) is 48.2 Å². The van der Waals surface area contributed by atoms with Crippen LogP contribution in [0, 0.1) is 17.7 Å². The molecule has 7 N–H and O–H groups in total. The Bertz CT molecular complexity index is 4270. The van der Waals surface area contributed by atoms with Crippen LogP contribution in [0.1, 0.15) is 61.0 Å². The summed E-state index contributed by atoms with van der Waals surface area (Å²) in [5, 5.41) is 30.2. The second-order valence-electron chi connectivity index (χ2n) is 22.7. The lowest BCUT2D eigenvalue weighted by Crippen LogP contribution is -2.47. The molecule has 12 heterocycles. The van der Waals surface area contributed by atoms with Gasteiger partial charge in [0.1, 0.15) is 34.7 Å². The van der Waals surface area contributed by atoms with Crippen molar-refractivity contribution >= 4 is 62.2 Å². The average molecular weight is 1250 g/mol. The van der Waals surface area contributed by atoms with Gasteiger partial charge in [-0.15, -0.1) is 0 Å². The highest BCUT2D eigenvalue weighted by atomic mass is 35.5. The third kappa shape index (κ3) is 13.5. The number of nitrogens with one attached hydrogen (secondary N) is 5. The lowest BCUT2D eigenvalue weighted by Gasteiger charge is -2.38. The van der Waals surface area contributed by atoms with Crippen LogP contribution in [-0.4, -0.2) is 119 Å². The van der Waals surface area contributed by atoms with Gasteiger partial charge in [0.05, 0.1) is 33.9 Å². The molecule has 14 rings (SSSR count). The van der Waals surface area contributed by atoms with Gasteiger partial charge in [-0.25, -0.2) is 34.3 Å². The zero-order valence-corrected chi connectivity index (χ0v) is 49.5. The number of rotatable bonds is 10. The minimum absolute atomic E-state index is 0.0211. The predicted octanol–water partition coefficient (Wildman–Crippen LogP) is 12.4. The van der Waals surface area contributed by atoms with Crippen LogP contribution in [0.25, 0.3) is 67.3 Å². The van der Waals surface area contributed by atoms with E-state index in [1.807, 2.05) is 46.2 Å². The van der Waals surface area contributed by atoms with Crippen molar-refractivity contribution < 1.29 is 30.7 Å². The highest BCUT2D eigenvalue weighted by Crippen LogP contribution is 2.41. The number of alkyl halides is 6. The van der Waals surface area contributed by atoms with Gasteiger partial charge in [0.25, 0.3) is 0 Å². The first-order chi connectivity index (χ1) is 43.4. The van der Waals surface area contributed by atoms with Crippen LogP contribution >= 0.6 is 11.6 Å². The second kappa shape index (κ2) is 26.1. The molecular formula is C64H62ClF7N18. The smallest absolute Gasteiger partial charge is 0.356 e. The number of nitrogens with zero attached hydrogens (tertiary/aromatic N) is 12. The van der Waals surface area contributed by atoms with E-state index < -0.39 is 23.5 Å². The summed E-state index contributed by atoms with van der Waals surface area (Å²) >= 11 is 6.13. The number of hydrogen-bond donors (Lipinski definition) is 6. The highest BCUT2D eigenvalue weighted by Gasteiger charge is 2.38. The van der Waals surface area contributed by atoms with E-state index in [-0.39, 0.29) is 40.7 Å². The number of piperidine rings is 1. The molecule has 0 spiro atoms. The van der Waals surface area contributed by atoms with Crippen molar-refractivity contribution in [2.45, 2.75) is 57.2 Å². The van der Waals surface area contributed by atoms with E-state index >= 15 is 0 Å².